The van der Waals surface area contributed by atoms with Crippen LogP contribution in [0, 0.1) is 0 Å². The van der Waals surface area contributed by atoms with Crippen LogP contribution in [0.15, 0.2) is 9.85 Å². The number of carbonyl (C=O) groups excluding carboxylic acids is 1. The number of carbonyl (C=O) groups is 1. The Labute approximate surface area is 108 Å². The van der Waals surface area contributed by atoms with Crippen LogP contribution in [0.5, 0.6) is 0 Å². The fourth-order valence-corrected chi connectivity index (χ4v) is 3.67. The predicted octanol–water partition coefficient (Wildman–Crippen LogP) is 3.42. The van der Waals surface area contributed by atoms with Crippen LogP contribution in [0.4, 0.5) is 4.79 Å². The highest BCUT2D eigenvalue weighted by Crippen LogP contribution is 2.31. The van der Waals surface area contributed by atoms with Gasteiger partial charge < -0.3 is 9.64 Å². The van der Waals surface area contributed by atoms with Crippen LogP contribution in [-0.2, 0) is 17.7 Å². The third-order valence-corrected chi connectivity index (χ3v) is 4.27. The molecule has 2 heterocycles. The van der Waals surface area contributed by atoms with Gasteiger partial charge in [0.25, 0.3) is 0 Å². The third kappa shape index (κ3) is 2.58. The Balaban J connectivity index is 2.12. The van der Waals surface area contributed by atoms with E-state index >= 15 is 0 Å². The Hall–Kier alpha value is -0.550. The summed E-state index contributed by atoms with van der Waals surface area (Å²) in [4.78, 5) is 14.7. The standard InChI is InChI=1S/C11H14BrNO2S/c1-2-15-11(14)13-5-3-4-8-6-10(12)16-9(8)7-13/h6H,2-5,7H2,1H3. The van der Waals surface area contributed by atoms with Gasteiger partial charge in [0.2, 0.25) is 0 Å². The number of rotatable bonds is 1. The van der Waals surface area contributed by atoms with Crippen molar-refractivity contribution in [3.63, 3.8) is 0 Å². The maximum Gasteiger partial charge on any atom is 0.410 e. The van der Waals surface area contributed by atoms with Crippen LogP contribution in [0.2, 0.25) is 0 Å². The number of fused-ring (bicyclic) bond motifs is 1. The van der Waals surface area contributed by atoms with Crippen LogP contribution >= 0.6 is 27.3 Å². The van der Waals surface area contributed by atoms with Crippen molar-refractivity contribution < 1.29 is 9.53 Å². The molecule has 3 nitrogen and oxygen atoms in total. The fraction of sp³-hybridized carbons (Fsp3) is 0.545. The Kier molecular flexibility index (Phi) is 3.86. The lowest BCUT2D eigenvalue weighted by Gasteiger charge is -2.19. The zero-order valence-corrected chi connectivity index (χ0v) is 11.6. The Morgan fingerprint density at radius 1 is 1.69 bits per heavy atom. The van der Waals surface area contributed by atoms with Gasteiger partial charge in [0.1, 0.15) is 0 Å². The molecule has 0 saturated heterocycles. The molecule has 1 amide bonds. The summed E-state index contributed by atoms with van der Waals surface area (Å²) < 4.78 is 6.18. The second-order valence-electron chi connectivity index (χ2n) is 3.72. The van der Waals surface area contributed by atoms with Gasteiger partial charge in [0.05, 0.1) is 16.9 Å². The van der Waals surface area contributed by atoms with Crippen molar-refractivity contribution >= 4 is 33.4 Å². The molecule has 0 aromatic carbocycles. The summed E-state index contributed by atoms with van der Waals surface area (Å²) in [6.45, 7) is 3.75. The summed E-state index contributed by atoms with van der Waals surface area (Å²) in [5.41, 5.74) is 1.36. The second-order valence-corrected chi connectivity index (χ2v) is 6.24. The molecule has 0 aliphatic carbocycles. The molecule has 0 radical (unpaired) electrons. The van der Waals surface area contributed by atoms with Gasteiger partial charge in [-0.2, -0.15) is 0 Å². The third-order valence-electron chi connectivity index (χ3n) is 2.60. The molecule has 88 valence electrons. The van der Waals surface area contributed by atoms with Crippen LogP contribution in [0.3, 0.4) is 0 Å². The maximum atomic E-state index is 11.7. The zero-order chi connectivity index (χ0) is 11.5. The van der Waals surface area contributed by atoms with Crippen molar-refractivity contribution in [2.24, 2.45) is 0 Å². The normalized spacial score (nSPS) is 15.5. The first kappa shape index (κ1) is 11.9. The number of ether oxygens (including phenoxy) is 1. The van der Waals surface area contributed by atoms with Gasteiger partial charge in [-0.25, -0.2) is 4.79 Å². The minimum atomic E-state index is -0.195. The smallest absolute Gasteiger partial charge is 0.410 e. The summed E-state index contributed by atoms with van der Waals surface area (Å²) >= 11 is 5.20. The summed E-state index contributed by atoms with van der Waals surface area (Å²) in [6.07, 6.45) is 1.86. The lowest BCUT2D eigenvalue weighted by Crippen LogP contribution is -2.31. The van der Waals surface area contributed by atoms with E-state index in [4.69, 9.17) is 4.74 Å². The highest BCUT2D eigenvalue weighted by molar-refractivity contribution is 9.11. The molecule has 0 unspecified atom stereocenters. The molecule has 1 aliphatic rings. The van der Waals surface area contributed by atoms with Gasteiger partial charge in [0, 0.05) is 11.4 Å². The van der Waals surface area contributed by atoms with E-state index in [1.807, 2.05) is 6.92 Å². The van der Waals surface area contributed by atoms with Gasteiger partial charge in [-0.05, 0) is 47.3 Å². The summed E-state index contributed by atoms with van der Waals surface area (Å²) in [6, 6.07) is 2.16. The van der Waals surface area contributed by atoms with E-state index in [1.165, 1.54) is 10.4 Å². The largest absolute Gasteiger partial charge is 0.450 e. The number of aryl methyl sites for hydroxylation is 1. The molecule has 5 heteroatoms. The molecule has 0 atom stereocenters. The van der Waals surface area contributed by atoms with Gasteiger partial charge in [-0.3, -0.25) is 0 Å². The number of nitrogens with zero attached hydrogens (tertiary/aromatic N) is 1. The van der Waals surface area contributed by atoms with Crippen LogP contribution in [0.1, 0.15) is 23.8 Å². The van der Waals surface area contributed by atoms with Crippen LogP contribution in [0.25, 0.3) is 0 Å². The van der Waals surface area contributed by atoms with Crippen molar-refractivity contribution in [2.45, 2.75) is 26.3 Å². The molecule has 1 aromatic heterocycles. The number of hydrogen-bond acceptors (Lipinski definition) is 3. The minimum Gasteiger partial charge on any atom is -0.450 e. The SMILES string of the molecule is CCOC(=O)N1CCCc2cc(Br)sc2C1. The topological polar surface area (TPSA) is 29.5 Å². The van der Waals surface area contributed by atoms with E-state index < -0.39 is 0 Å². The molecule has 0 fully saturated rings. The first-order valence-corrected chi connectivity index (χ1v) is 7.00. The second kappa shape index (κ2) is 5.19. The Bertz CT molecular complexity index is 391. The lowest BCUT2D eigenvalue weighted by atomic mass is 10.2. The summed E-state index contributed by atoms with van der Waals surface area (Å²) in [5, 5.41) is 0. The Morgan fingerprint density at radius 3 is 3.25 bits per heavy atom. The number of amides is 1. The van der Waals surface area contributed by atoms with Gasteiger partial charge in [-0.1, -0.05) is 0 Å². The lowest BCUT2D eigenvalue weighted by molar-refractivity contribution is 0.105. The minimum absolute atomic E-state index is 0.195. The van der Waals surface area contributed by atoms with Crippen molar-refractivity contribution in [1.29, 1.82) is 0 Å². The number of hydrogen-bond donors (Lipinski definition) is 0. The summed E-state index contributed by atoms with van der Waals surface area (Å²) in [7, 11) is 0. The van der Waals surface area contributed by atoms with E-state index in [1.54, 1.807) is 16.2 Å². The average Bonchev–Trinajstić information content (AvgIpc) is 2.46. The molecule has 0 bridgehead atoms. The monoisotopic (exact) mass is 303 g/mol. The van der Waals surface area contributed by atoms with Crippen molar-refractivity contribution in [1.82, 2.24) is 4.90 Å². The quantitative estimate of drug-likeness (QED) is 0.795. The average molecular weight is 304 g/mol. The van der Waals surface area contributed by atoms with E-state index in [2.05, 4.69) is 22.0 Å². The molecule has 0 N–H and O–H groups in total. The van der Waals surface area contributed by atoms with Gasteiger partial charge >= 0.3 is 6.09 Å². The van der Waals surface area contributed by atoms with Gasteiger partial charge in [-0.15, -0.1) is 11.3 Å². The molecule has 16 heavy (non-hydrogen) atoms. The van der Waals surface area contributed by atoms with E-state index in [0.717, 1.165) is 23.2 Å². The summed E-state index contributed by atoms with van der Waals surface area (Å²) in [5.74, 6) is 0. The Morgan fingerprint density at radius 2 is 2.50 bits per heavy atom. The van der Waals surface area contributed by atoms with Crippen LogP contribution in [-0.4, -0.2) is 24.1 Å². The maximum absolute atomic E-state index is 11.7. The van der Waals surface area contributed by atoms with Crippen molar-refractivity contribution in [3.8, 4) is 0 Å². The molecule has 1 aliphatic heterocycles. The molecule has 2 rings (SSSR count). The van der Waals surface area contributed by atoms with Crippen LogP contribution < -0.4 is 0 Å². The highest BCUT2D eigenvalue weighted by Gasteiger charge is 2.21. The van der Waals surface area contributed by atoms with E-state index in [9.17, 15) is 4.79 Å². The number of thiophene rings is 1. The molecule has 1 aromatic rings. The van der Waals surface area contributed by atoms with Gasteiger partial charge in [0.15, 0.2) is 0 Å². The zero-order valence-electron chi connectivity index (χ0n) is 9.16. The first-order valence-electron chi connectivity index (χ1n) is 5.39. The van der Waals surface area contributed by atoms with Crippen molar-refractivity contribution in [3.05, 3.63) is 20.3 Å². The highest BCUT2D eigenvalue weighted by atomic mass is 79.9. The van der Waals surface area contributed by atoms with Crippen molar-refractivity contribution in [2.75, 3.05) is 13.2 Å². The molecular weight excluding hydrogens is 290 g/mol. The van der Waals surface area contributed by atoms with E-state index in [-0.39, 0.29) is 6.09 Å². The molecule has 0 saturated carbocycles. The molecular formula is C11H14BrNO2S. The number of halogens is 1. The first-order chi connectivity index (χ1) is 7.70. The fourth-order valence-electron chi connectivity index (χ4n) is 1.86. The molecule has 0 spiro atoms. The van der Waals surface area contributed by atoms with E-state index in [0.29, 0.717) is 13.2 Å². The predicted molar refractivity (Wildman–Crippen MR) is 67.8 cm³/mol.